The molecule has 1 atom stereocenters. The van der Waals surface area contributed by atoms with Crippen molar-refractivity contribution in [3.8, 4) is 0 Å². The summed E-state index contributed by atoms with van der Waals surface area (Å²) < 4.78 is 0. The molecule has 2 aliphatic rings. The molecule has 1 unspecified atom stereocenters. The summed E-state index contributed by atoms with van der Waals surface area (Å²) >= 11 is 0. The second kappa shape index (κ2) is 9.92. The summed E-state index contributed by atoms with van der Waals surface area (Å²) in [5, 5.41) is 5.78. The van der Waals surface area contributed by atoms with Crippen molar-refractivity contribution in [1.29, 1.82) is 0 Å². The predicted molar refractivity (Wildman–Crippen MR) is 112 cm³/mol. The van der Waals surface area contributed by atoms with Gasteiger partial charge in [0.1, 0.15) is 0 Å². The van der Waals surface area contributed by atoms with E-state index in [-0.39, 0.29) is 12.1 Å². The van der Waals surface area contributed by atoms with Crippen molar-refractivity contribution in [2.24, 2.45) is 0 Å². The van der Waals surface area contributed by atoms with E-state index < -0.39 is 11.8 Å². The molecule has 2 fully saturated rings. The van der Waals surface area contributed by atoms with E-state index >= 15 is 0 Å². The predicted octanol–water partition coefficient (Wildman–Crippen LogP) is 2.45. The van der Waals surface area contributed by atoms with Gasteiger partial charge in [0.05, 0.1) is 6.04 Å². The highest BCUT2D eigenvalue weighted by molar-refractivity contribution is 6.35. The first-order valence-electron chi connectivity index (χ1n) is 10.6. The van der Waals surface area contributed by atoms with Crippen molar-refractivity contribution < 1.29 is 9.59 Å². The third-order valence-electron chi connectivity index (χ3n) is 5.98. The lowest BCUT2D eigenvalue weighted by molar-refractivity contribution is -0.139. The van der Waals surface area contributed by atoms with Crippen LogP contribution in [0, 0.1) is 0 Å². The molecule has 0 bridgehead atoms. The molecule has 1 saturated carbocycles. The Balaban J connectivity index is 1.59. The zero-order valence-electron chi connectivity index (χ0n) is 17.2. The Bertz CT molecular complexity index is 647. The van der Waals surface area contributed by atoms with Crippen molar-refractivity contribution in [2.45, 2.75) is 57.0 Å². The Morgan fingerprint density at radius 1 is 1.00 bits per heavy atom. The zero-order chi connectivity index (χ0) is 19.9. The van der Waals surface area contributed by atoms with E-state index in [1.807, 2.05) is 14.1 Å². The maximum atomic E-state index is 12.4. The van der Waals surface area contributed by atoms with E-state index in [1.54, 1.807) is 0 Å². The van der Waals surface area contributed by atoms with E-state index in [0.717, 1.165) is 44.5 Å². The van der Waals surface area contributed by atoms with Crippen LogP contribution >= 0.6 is 0 Å². The number of rotatable bonds is 6. The van der Waals surface area contributed by atoms with Crippen LogP contribution in [0.2, 0.25) is 0 Å². The maximum Gasteiger partial charge on any atom is 0.309 e. The van der Waals surface area contributed by atoms with Gasteiger partial charge in [0, 0.05) is 32.4 Å². The minimum atomic E-state index is -0.514. The smallest absolute Gasteiger partial charge is 0.309 e. The Labute approximate surface area is 168 Å². The van der Waals surface area contributed by atoms with Crippen molar-refractivity contribution in [3.63, 3.8) is 0 Å². The van der Waals surface area contributed by atoms with E-state index in [1.165, 1.54) is 24.8 Å². The number of nitrogens with zero attached hydrogens (tertiary/aromatic N) is 2. The van der Waals surface area contributed by atoms with Crippen molar-refractivity contribution in [2.75, 3.05) is 38.6 Å². The average Bonchev–Trinajstić information content (AvgIpc) is 3.23. The summed E-state index contributed by atoms with van der Waals surface area (Å²) in [4.78, 5) is 29.1. The number of hydrogen-bond donors (Lipinski definition) is 2. The van der Waals surface area contributed by atoms with Gasteiger partial charge in [-0.3, -0.25) is 14.5 Å². The lowest BCUT2D eigenvalue weighted by Crippen LogP contribution is -2.47. The third-order valence-corrected chi connectivity index (χ3v) is 5.98. The highest BCUT2D eigenvalue weighted by atomic mass is 16.2. The molecular weight excluding hydrogens is 352 g/mol. The standard InChI is InChI=1S/C22H34N4O2/c1-25(2)19-12-10-17(11-13-19)20(26-14-6-7-15-26)16-23-21(27)22(28)24-18-8-4-3-5-9-18/h10-13,18,20H,3-9,14-16H2,1-2H3,(H,23,27)(H,24,28). The fourth-order valence-electron chi connectivity index (χ4n) is 4.27. The molecule has 1 aromatic carbocycles. The van der Waals surface area contributed by atoms with Crippen LogP contribution in [0.3, 0.4) is 0 Å². The largest absolute Gasteiger partial charge is 0.378 e. The van der Waals surface area contributed by atoms with Gasteiger partial charge in [-0.25, -0.2) is 0 Å². The van der Waals surface area contributed by atoms with Gasteiger partial charge in [0.2, 0.25) is 0 Å². The van der Waals surface area contributed by atoms with E-state index in [2.05, 4.69) is 44.7 Å². The lowest BCUT2D eigenvalue weighted by atomic mass is 9.95. The second-order valence-corrected chi connectivity index (χ2v) is 8.26. The van der Waals surface area contributed by atoms with Crippen LogP contribution in [0.5, 0.6) is 0 Å². The molecule has 1 saturated heterocycles. The normalized spacial score (nSPS) is 19.2. The Hall–Kier alpha value is -2.08. The van der Waals surface area contributed by atoms with Crippen LogP contribution in [0.25, 0.3) is 0 Å². The van der Waals surface area contributed by atoms with Crippen LogP contribution < -0.4 is 15.5 Å². The first kappa shape index (κ1) is 20.6. The van der Waals surface area contributed by atoms with Crippen LogP contribution in [-0.4, -0.2) is 56.5 Å². The highest BCUT2D eigenvalue weighted by Gasteiger charge is 2.26. The van der Waals surface area contributed by atoms with Gasteiger partial charge < -0.3 is 15.5 Å². The molecular formula is C22H34N4O2. The van der Waals surface area contributed by atoms with Crippen LogP contribution in [0.1, 0.15) is 56.6 Å². The zero-order valence-corrected chi connectivity index (χ0v) is 17.2. The summed E-state index contributed by atoms with van der Waals surface area (Å²) in [5.41, 5.74) is 2.33. The van der Waals surface area contributed by atoms with Gasteiger partial charge in [-0.15, -0.1) is 0 Å². The Morgan fingerprint density at radius 2 is 1.64 bits per heavy atom. The first-order valence-corrected chi connectivity index (χ1v) is 10.6. The molecule has 6 nitrogen and oxygen atoms in total. The van der Waals surface area contributed by atoms with Crippen LogP contribution in [-0.2, 0) is 9.59 Å². The lowest BCUT2D eigenvalue weighted by Gasteiger charge is -2.29. The topological polar surface area (TPSA) is 64.7 Å². The third kappa shape index (κ3) is 5.47. The van der Waals surface area contributed by atoms with Gasteiger partial charge in [-0.1, -0.05) is 31.4 Å². The highest BCUT2D eigenvalue weighted by Crippen LogP contribution is 2.26. The summed E-state index contributed by atoms with van der Waals surface area (Å²) in [6.45, 7) is 2.52. The first-order chi connectivity index (χ1) is 13.5. The Morgan fingerprint density at radius 3 is 2.25 bits per heavy atom. The van der Waals surface area contributed by atoms with Gasteiger partial charge in [0.15, 0.2) is 0 Å². The number of carbonyl (C=O) groups is 2. The average molecular weight is 387 g/mol. The van der Waals surface area contributed by atoms with Gasteiger partial charge in [-0.2, -0.15) is 0 Å². The van der Waals surface area contributed by atoms with Gasteiger partial charge >= 0.3 is 11.8 Å². The number of hydrogen-bond acceptors (Lipinski definition) is 4. The van der Waals surface area contributed by atoms with Crippen molar-refractivity contribution in [3.05, 3.63) is 29.8 Å². The maximum absolute atomic E-state index is 12.4. The SMILES string of the molecule is CN(C)c1ccc(C(CNC(=O)C(=O)NC2CCCCC2)N2CCCC2)cc1. The number of amides is 2. The number of benzene rings is 1. The second-order valence-electron chi connectivity index (χ2n) is 8.26. The van der Waals surface area contributed by atoms with Crippen LogP contribution in [0.15, 0.2) is 24.3 Å². The van der Waals surface area contributed by atoms with E-state index in [9.17, 15) is 9.59 Å². The number of nitrogens with one attached hydrogen (secondary N) is 2. The molecule has 2 N–H and O–H groups in total. The number of likely N-dealkylation sites (tertiary alicyclic amines) is 1. The minimum absolute atomic E-state index is 0.102. The van der Waals surface area contributed by atoms with Crippen molar-refractivity contribution >= 4 is 17.5 Å². The monoisotopic (exact) mass is 386 g/mol. The fourth-order valence-corrected chi connectivity index (χ4v) is 4.27. The quantitative estimate of drug-likeness (QED) is 0.737. The van der Waals surface area contributed by atoms with Crippen molar-refractivity contribution in [1.82, 2.24) is 15.5 Å². The number of carbonyl (C=O) groups excluding carboxylic acids is 2. The number of anilines is 1. The van der Waals surface area contributed by atoms with Gasteiger partial charge in [0.25, 0.3) is 0 Å². The molecule has 3 rings (SSSR count). The molecule has 0 radical (unpaired) electrons. The van der Waals surface area contributed by atoms with Crippen LogP contribution in [0.4, 0.5) is 5.69 Å². The minimum Gasteiger partial charge on any atom is -0.378 e. The molecule has 1 aliphatic carbocycles. The fraction of sp³-hybridized carbons (Fsp3) is 0.636. The molecule has 154 valence electrons. The van der Waals surface area contributed by atoms with E-state index in [4.69, 9.17) is 0 Å². The molecule has 0 aromatic heterocycles. The summed E-state index contributed by atoms with van der Waals surface area (Å²) in [5.74, 6) is -1.00. The molecule has 6 heteroatoms. The van der Waals surface area contributed by atoms with E-state index in [0.29, 0.717) is 6.54 Å². The Kier molecular flexibility index (Phi) is 7.31. The molecule has 0 spiro atoms. The molecule has 1 aliphatic heterocycles. The molecule has 1 heterocycles. The van der Waals surface area contributed by atoms with Gasteiger partial charge in [-0.05, 0) is 56.5 Å². The summed E-state index contributed by atoms with van der Waals surface area (Å²) in [6.07, 6.45) is 7.81. The molecule has 2 amide bonds. The summed E-state index contributed by atoms with van der Waals surface area (Å²) in [7, 11) is 4.05. The molecule has 1 aromatic rings. The summed E-state index contributed by atoms with van der Waals surface area (Å²) in [6, 6.07) is 8.73. The molecule has 28 heavy (non-hydrogen) atoms.